The van der Waals surface area contributed by atoms with Crippen molar-refractivity contribution < 1.29 is 61.2 Å². The zero-order chi connectivity index (χ0) is 11.5. The molecule has 0 aliphatic carbocycles. The van der Waals surface area contributed by atoms with E-state index in [1.165, 1.54) is 0 Å². The number of rotatable bonds is 9. The summed E-state index contributed by atoms with van der Waals surface area (Å²) in [6, 6.07) is 0. The number of hydrogen-bond donors (Lipinski definition) is 1. The zero-order valence-electron chi connectivity index (χ0n) is 9.44. The molecule has 0 atom stereocenters. The summed E-state index contributed by atoms with van der Waals surface area (Å²) in [5, 5.41) is 2.65. The van der Waals surface area contributed by atoms with Crippen LogP contribution in [0.1, 0.15) is 6.92 Å². The average molecular weight is 388 g/mol. The van der Waals surface area contributed by atoms with E-state index in [1.807, 2.05) is 0 Å². The van der Waals surface area contributed by atoms with Gasteiger partial charge in [0.2, 0.25) is 5.91 Å². The fourth-order valence-electron chi connectivity index (χ4n) is 0.782. The number of carbonyl (C=O) groups excluding carboxylic acids is 1. The molecule has 0 saturated heterocycles. The smallest absolute Gasteiger partial charge is 0.246 e. The van der Waals surface area contributed by atoms with Crippen molar-refractivity contribution >= 4 is 5.91 Å². The van der Waals surface area contributed by atoms with E-state index in [9.17, 15) is 4.79 Å². The minimum atomic E-state index is -0.149. The molecule has 0 bridgehead atoms. The van der Waals surface area contributed by atoms with E-state index in [0.29, 0.717) is 38.5 Å². The van der Waals surface area contributed by atoms with E-state index in [1.54, 1.807) is 6.92 Å². The Balaban J connectivity index is 0. The summed E-state index contributed by atoms with van der Waals surface area (Å²) in [7, 11) is 0. The Morgan fingerprint density at radius 3 is 2.31 bits per heavy atom. The molecule has 0 aromatic carbocycles. The molecule has 0 spiro atoms. The van der Waals surface area contributed by atoms with Crippen LogP contribution in [0.2, 0.25) is 0 Å². The molecule has 1 amide bonds. The van der Waals surface area contributed by atoms with Crippen LogP contribution >= 0.6 is 0 Å². The van der Waals surface area contributed by atoms with Crippen LogP contribution in [-0.4, -0.2) is 45.4 Å². The van der Waals surface area contributed by atoms with Crippen LogP contribution in [0.25, 0.3) is 5.73 Å². The minimum absolute atomic E-state index is 0. The number of hydrogen-bond acceptors (Lipinski definition) is 3. The molecule has 0 aromatic rings. The van der Waals surface area contributed by atoms with Crippen molar-refractivity contribution in [3.63, 3.8) is 0 Å². The van der Waals surface area contributed by atoms with E-state index < -0.39 is 0 Å². The van der Waals surface area contributed by atoms with Crippen LogP contribution in [0.5, 0.6) is 0 Å². The SMILES string of the molecule is C=C(C)C(=O)NCCOCCOCC[NH-].[Yb]. The predicted molar refractivity (Wildman–Crippen MR) is 58.7 cm³/mol. The first kappa shape index (κ1) is 19.0. The van der Waals surface area contributed by atoms with Crippen molar-refractivity contribution in [1.29, 1.82) is 0 Å². The Morgan fingerprint density at radius 1 is 1.25 bits per heavy atom. The number of amides is 1. The van der Waals surface area contributed by atoms with E-state index in [0.717, 1.165) is 0 Å². The van der Waals surface area contributed by atoms with Crippen molar-refractivity contribution in [3.05, 3.63) is 17.9 Å². The summed E-state index contributed by atoms with van der Waals surface area (Å²) >= 11 is 0. The van der Waals surface area contributed by atoms with Gasteiger partial charge in [-0.25, -0.2) is 0 Å². The van der Waals surface area contributed by atoms with Gasteiger partial charge >= 0.3 is 0 Å². The van der Waals surface area contributed by atoms with E-state index in [2.05, 4.69) is 11.9 Å². The Morgan fingerprint density at radius 2 is 1.81 bits per heavy atom. The summed E-state index contributed by atoms with van der Waals surface area (Å²) in [5.74, 6) is -0.149. The molecule has 0 fully saturated rings. The Labute approximate surface area is 135 Å². The van der Waals surface area contributed by atoms with Crippen molar-refractivity contribution in [2.75, 3.05) is 39.5 Å². The Hall–Kier alpha value is 0.609. The maximum absolute atomic E-state index is 11.0. The molecule has 0 saturated carbocycles. The third kappa shape index (κ3) is 12.7. The van der Waals surface area contributed by atoms with Gasteiger partial charge < -0.3 is 20.5 Å². The van der Waals surface area contributed by atoms with Gasteiger partial charge in [0.05, 0.1) is 19.8 Å². The first-order valence-corrected chi connectivity index (χ1v) is 4.92. The van der Waals surface area contributed by atoms with Gasteiger partial charge in [-0.3, -0.25) is 4.79 Å². The van der Waals surface area contributed by atoms with Crippen molar-refractivity contribution in [2.45, 2.75) is 6.92 Å². The molecule has 0 aromatic heterocycles. The van der Waals surface area contributed by atoms with E-state index in [4.69, 9.17) is 15.2 Å². The minimum Gasteiger partial charge on any atom is -0.676 e. The topological polar surface area (TPSA) is 71.4 Å². The second-order valence-corrected chi connectivity index (χ2v) is 3.01. The van der Waals surface area contributed by atoms with Gasteiger partial charge in [0.15, 0.2) is 0 Å². The van der Waals surface area contributed by atoms with Gasteiger partial charge in [-0.1, -0.05) is 6.58 Å². The fourth-order valence-corrected chi connectivity index (χ4v) is 0.782. The third-order valence-corrected chi connectivity index (χ3v) is 1.54. The summed E-state index contributed by atoms with van der Waals surface area (Å²) < 4.78 is 10.2. The monoisotopic (exact) mass is 389 g/mol. The molecule has 0 heterocycles. The summed E-state index contributed by atoms with van der Waals surface area (Å²) in [6.45, 7) is 7.80. The first-order valence-electron chi connectivity index (χ1n) is 4.92. The molecule has 102 valence electrons. The van der Waals surface area contributed by atoms with Gasteiger partial charge in [0, 0.05) is 65.6 Å². The Bertz CT molecular complexity index is 201. The molecule has 16 heavy (non-hydrogen) atoms. The molecular formula is C10H19N2O3Yb-. The van der Waals surface area contributed by atoms with Crippen LogP contribution in [0.4, 0.5) is 0 Å². The maximum atomic E-state index is 11.0. The van der Waals surface area contributed by atoms with Gasteiger partial charge in [-0.15, -0.1) is 6.54 Å². The number of nitrogens with one attached hydrogen (secondary N) is 2. The molecule has 0 radical (unpaired) electrons. The van der Waals surface area contributed by atoms with Gasteiger partial charge in [0.1, 0.15) is 0 Å². The molecule has 0 aliphatic heterocycles. The maximum Gasteiger partial charge on any atom is 0.246 e. The summed E-state index contributed by atoms with van der Waals surface area (Å²) in [4.78, 5) is 11.0. The molecule has 0 rings (SSSR count). The van der Waals surface area contributed by atoms with Gasteiger partial charge in [0.25, 0.3) is 0 Å². The largest absolute Gasteiger partial charge is 0.676 e. The first-order chi connectivity index (χ1) is 7.18. The zero-order valence-corrected chi connectivity index (χ0v) is 11.2. The Kier molecular flexibility index (Phi) is 16.2. The van der Waals surface area contributed by atoms with Crippen LogP contribution in [0, 0.1) is 46.9 Å². The third-order valence-electron chi connectivity index (χ3n) is 1.54. The second-order valence-electron chi connectivity index (χ2n) is 3.01. The second kappa shape index (κ2) is 13.7. The van der Waals surface area contributed by atoms with Gasteiger partial charge in [-0.05, 0) is 6.92 Å². The van der Waals surface area contributed by atoms with Crippen molar-refractivity contribution in [3.8, 4) is 0 Å². The number of carbonyl (C=O) groups is 1. The summed E-state index contributed by atoms with van der Waals surface area (Å²) in [5.41, 5.74) is 7.31. The number of ether oxygens (including phenoxy) is 2. The van der Waals surface area contributed by atoms with Gasteiger partial charge in [-0.2, -0.15) is 0 Å². The molecule has 0 unspecified atom stereocenters. The molecular weight excluding hydrogens is 369 g/mol. The average Bonchev–Trinajstić information content (AvgIpc) is 2.21. The molecule has 5 nitrogen and oxygen atoms in total. The fraction of sp³-hybridized carbons (Fsp3) is 0.700. The van der Waals surface area contributed by atoms with Crippen LogP contribution < -0.4 is 5.32 Å². The molecule has 2 N–H and O–H groups in total. The van der Waals surface area contributed by atoms with Crippen molar-refractivity contribution in [2.24, 2.45) is 0 Å². The van der Waals surface area contributed by atoms with Crippen LogP contribution in [-0.2, 0) is 14.3 Å². The normalized spacial score (nSPS) is 9.38. The van der Waals surface area contributed by atoms with Crippen molar-refractivity contribution in [1.82, 2.24) is 5.32 Å². The van der Waals surface area contributed by atoms with Crippen LogP contribution in [0.15, 0.2) is 12.2 Å². The molecule has 6 heteroatoms. The predicted octanol–water partition coefficient (Wildman–Crippen LogP) is 0.764. The molecule has 0 aliphatic rings. The van der Waals surface area contributed by atoms with E-state index in [-0.39, 0.29) is 59.4 Å². The summed E-state index contributed by atoms with van der Waals surface area (Å²) in [6.07, 6.45) is 0. The van der Waals surface area contributed by atoms with Crippen LogP contribution in [0.3, 0.4) is 0 Å². The quantitative estimate of drug-likeness (QED) is 0.469. The standard InChI is InChI=1S/C10H19N2O3.Yb/c1-9(2)10(13)12-4-6-15-8-7-14-5-3-11;/h11H,1,3-8H2,2H3,(H,12,13);/q-1;. The van der Waals surface area contributed by atoms with E-state index >= 15 is 0 Å².